The van der Waals surface area contributed by atoms with E-state index in [2.05, 4.69) is 14.7 Å². The van der Waals surface area contributed by atoms with E-state index < -0.39 is 0 Å². The van der Waals surface area contributed by atoms with E-state index in [0.29, 0.717) is 22.9 Å². The van der Waals surface area contributed by atoms with Gasteiger partial charge in [-0.25, -0.2) is 0 Å². The van der Waals surface area contributed by atoms with Gasteiger partial charge < -0.3 is 19.1 Å². The third kappa shape index (κ3) is 2.54. The van der Waals surface area contributed by atoms with E-state index in [1.807, 2.05) is 0 Å². The Morgan fingerprint density at radius 3 is 2.94 bits per heavy atom. The van der Waals surface area contributed by atoms with E-state index in [9.17, 15) is 5.11 Å². The van der Waals surface area contributed by atoms with Gasteiger partial charge in [0, 0.05) is 5.56 Å². The molecule has 0 unspecified atom stereocenters. The summed E-state index contributed by atoms with van der Waals surface area (Å²) in [5.74, 6) is 1.47. The fourth-order valence-electron chi connectivity index (χ4n) is 1.40. The minimum absolute atomic E-state index is 0.126. The van der Waals surface area contributed by atoms with Gasteiger partial charge in [-0.3, -0.25) is 0 Å². The second-order valence-electron chi connectivity index (χ2n) is 3.24. The van der Waals surface area contributed by atoms with Crippen molar-refractivity contribution in [3.8, 4) is 11.5 Å². The highest BCUT2D eigenvalue weighted by atomic mass is 16.5. The molecular weight excluding hydrogens is 224 g/mol. The number of hydrogen-bond donors (Lipinski definition) is 1. The molecule has 0 saturated carbocycles. The number of methoxy groups -OCH3 is 1. The molecule has 0 aliphatic carbocycles. The monoisotopic (exact) mass is 236 g/mol. The Bertz CT molecular complexity index is 448. The van der Waals surface area contributed by atoms with Gasteiger partial charge in [-0.1, -0.05) is 17.3 Å². The quantitative estimate of drug-likeness (QED) is 0.839. The molecule has 0 radical (unpaired) electrons. The van der Waals surface area contributed by atoms with Gasteiger partial charge in [0.1, 0.15) is 0 Å². The number of aromatic nitrogens is 2. The van der Waals surface area contributed by atoms with E-state index in [0.717, 1.165) is 0 Å². The molecule has 2 rings (SSSR count). The number of nitrogens with zero attached hydrogens (tertiary/aromatic N) is 2. The van der Waals surface area contributed by atoms with Gasteiger partial charge in [0.25, 0.3) is 0 Å². The zero-order valence-corrected chi connectivity index (χ0v) is 9.29. The predicted molar refractivity (Wildman–Crippen MR) is 57.5 cm³/mol. The number of rotatable bonds is 5. The van der Waals surface area contributed by atoms with Crippen molar-refractivity contribution in [3.05, 3.63) is 36.0 Å². The summed E-state index contributed by atoms with van der Waals surface area (Å²) in [5, 5.41) is 12.8. The highest BCUT2D eigenvalue weighted by Gasteiger charge is 2.11. The summed E-state index contributed by atoms with van der Waals surface area (Å²) in [7, 11) is 1.54. The zero-order chi connectivity index (χ0) is 12.1. The van der Waals surface area contributed by atoms with Crippen LogP contribution in [0.3, 0.4) is 0 Å². The summed E-state index contributed by atoms with van der Waals surface area (Å²) >= 11 is 0. The van der Waals surface area contributed by atoms with Crippen molar-refractivity contribution < 1.29 is 19.1 Å². The molecule has 0 spiro atoms. The standard InChI is InChI=1S/C11H12N2O4/c1-15-9-4-2-3-8(5-14)11(9)16-6-10-12-7-17-13-10/h2-4,7,14H,5-6H2,1H3. The van der Waals surface area contributed by atoms with Gasteiger partial charge in [-0.05, 0) is 6.07 Å². The van der Waals surface area contributed by atoms with Crippen molar-refractivity contribution in [2.24, 2.45) is 0 Å². The summed E-state index contributed by atoms with van der Waals surface area (Å²) in [6, 6.07) is 5.30. The van der Waals surface area contributed by atoms with Crippen LogP contribution < -0.4 is 9.47 Å². The Kier molecular flexibility index (Phi) is 3.56. The Hall–Kier alpha value is -2.08. The lowest BCUT2D eigenvalue weighted by Crippen LogP contribution is -2.02. The summed E-state index contributed by atoms with van der Waals surface area (Å²) in [4.78, 5) is 3.84. The lowest BCUT2D eigenvalue weighted by atomic mass is 10.2. The number of hydrogen-bond acceptors (Lipinski definition) is 6. The Labute approximate surface area is 97.8 Å². The van der Waals surface area contributed by atoms with Gasteiger partial charge in [-0.15, -0.1) is 0 Å². The first-order valence-electron chi connectivity index (χ1n) is 5.00. The van der Waals surface area contributed by atoms with Crippen LogP contribution in [-0.2, 0) is 13.2 Å². The summed E-state index contributed by atoms with van der Waals surface area (Å²) in [6.45, 7) is 0.0304. The zero-order valence-electron chi connectivity index (χ0n) is 9.29. The van der Waals surface area contributed by atoms with Crippen LogP contribution >= 0.6 is 0 Å². The SMILES string of the molecule is COc1cccc(CO)c1OCc1ncon1. The Morgan fingerprint density at radius 1 is 1.41 bits per heavy atom. The third-order valence-corrected chi connectivity index (χ3v) is 2.20. The van der Waals surface area contributed by atoms with Crippen LogP contribution in [0, 0.1) is 0 Å². The topological polar surface area (TPSA) is 77.6 Å². The maximum Gasteiger partial charge on any atom is 0.213 e. The van der Waals surface area contributed by atoms with E-state index >= 15 is 0 Å². The number of ether oxygens (including phenoxy) is 2. The molecule has 1 heterocycles. The van der Waals surface area contributed by atoms with Crippen molar-refractivity contribution in [2.45, 2.75) is 13.2 Å². The van der Waals surface area contributed by atoms with E-state index in [4.69, 9.17) is 9.47 Å². The average Bonchev–Trinajstić information content (AvgIpc) is 2.88. The van der Waals surface area contributed by atoms with Crippen LogP contribution in [0.25, 0.3) is 0 Å². The fraction of sp³-hybridized carbons (Fsp3) is 0.273. The molecule has 1 aromatic carbocycles. The second kappa shape index (κ2) is 5.31. The summed E-state index contributed by atoms with van der Waals surface area (Å²) in [6.07, 6.45) is 1.23. The largest absolute Gasteiger partial charge is 0.493 e. The molecule has 0 atom stereocenters. The molecule has 17 heavy (non-hydrogen) atoms. The molecule has 6 heteroatoms. The number of benzene rings is 1. The number of para-hydroxylation sites is 1. The summed E-state index contributed by atoms with van der Waals surface area (Å²) in [5.41, 5.74) is 0.646. The maximum absolute atomic E-state index is 9.21. The van der Waals surface area contributed by atoms with Crippen LogP contribution in [0.15, 0.2) is 29.1 Å². The normalized spacial score (nSPS) is 10.2. The van der Waals surface area contributed by atoms with Gasteiger partial charge in [0.2, 0.25) is 12.2 Å². The first-order chi connectivity index (χ1) is 8.35. The van der Waals surface area contributed by atoms with Gasteiger partial charge in [0.15, 0.2) is 18.1 Å². The lowest BCUT2D eigenvalue weighted by Gasteiger charge is -2.12. The van der Waals surface area contributed by atoms with Crippen LogP contribution in [0.1, 0.15) is 11.4 Å². The van der Waals surface area contributed by atoms with Crippen molar-refractivity contribution in [1.82, 2.24) is 10.1 Å². The molecule has 0 bridgehead atoms. The van der Waals surface area contributed by atoms with E-state index in [1.54, 1.807) is 18.2 Å². The smallest absolute Gasteiger partial charge is 0.213 e. The molecule has 0 aliphatic rings. The Balaban J connectivity index is 2.18. The van der Waals surface area contributed by atoms with Gasteiger partial charge in [-0.2, -0.15) is 4.98 Å². The molecule has 1 N–H and O–H groups in total. The number of aliphatic hydroxyl groups excluding tert-OH is 1. The molecule has 1 aromatic heterocycles. The fourth-order valence-corrected chi connectivity index (χ4v) is 1.40. The van der Waals surface area contributed by atoms with Crippen molar-refractivity contribution in [3.63, 3.8) is 0 Å². The van der Waals surface area contributed by atoms with Crippen molar-refractivity contribution in [2.75, 3.05) is 7.11 Å². The van der Waals surface area contributed by atoms with Crippen LogP contribution in [0.4, 0.5) is 0 Å². The van der Waals surface area contributed by atoms with E-state index in [-0.39, 0.29) is 13.2 Å². The number of aliphatic hydroxyl groups is 1. The Morgan fingerprint density at radius 2 is 2.29 bits per heavy atom. The van der Waals surface area contributed by atoms with Gasteiger partial charge in [0.05, 0.1) is 13.7 Å². The molecule has 90 valence electrons. The molecular formula is C11H12N2O4. The minimum Gasteiger partial charge on any atom is -0.493 e. The van der Waals surface area contributed by atoms with E-state index in [1.165, 1.54) is 13.5 Å². The van der Waals surface area contributed by atoms with Crippen LogP contribution in [-0.4, -0.2) is 22.4 Å². The van der Waals surface area contributed by atoms with Crippen LogP contribution in [0.5, 0.6) is 11.5 Å². The molecule has 0 amide bonds. The first kappa shape index (κ1) is 11.4. The van der Waals surface area contributed by atoms with Gasteiger partial charge >= 0.3 is 0 Å². The predicted octanol–water partition coefficient (Wildman–Crippen LogP) is 1.15. The lowest BCUT2D eigenvalue weighted by molar-refractivity contribution is 0.243. The highest BCUT2D eigenvalue weighted by molar-refractivity contribution is 5.46. The highest BCUT2D eigenvalue weighted by Crippen LogP contribution is 2.31. The third-order valence-electron chi connectivity index (χ3n) is 2.20. The molecule has 0 saturated heterocycles. The summed E-state index contributed by atoms with van der Waals surface area (Å²) < 4.78 is 15.3. The molecule has 0 fully saturated rings. The second-order valence-corrected chi connectivity index (χ2v) is 3.24. The van der Waals surface area contributed by atoms with Crippen molar-refractivity contribution in [1.29, 1.82) is 0 Å². The molecule has 0 aliphatic heterocycles. The minimum atomic E-state index is -0.126. The first-order valence-corrected chi connectivity index (χ1v) is 5.00. The van der Waals surface area contributed by atoms with Crippen molar-refractivity contribution >= 4 is 0 Å². The molecule has 2 aromatic rings. The van der Waals surface area contributed by atoms with Crippen LogP contribution in [0.2, 0.25) is 0 Å². The average molecular weight is 236 g/mol. The molecule has 6 nitrogen and oxygen atoms in total. The maximum atomic E-state index is 9.21.